The maximum Gasteiger partial charge on any atom is 0.280 e. The van der Waals surface area contributed by atoms with Gasteiger partial charge in [-0.2, -0.15) is 15.4 Å². The lowest BCUT2D eigenvalue weighted by Gasteiger charge is -2.22. The van der Waals surface area contributed by atoms with Crippen LogP contribution in [0.4, 0.5) is 5.69 Å². The highest BCUT2D eigenvalue weighted by molar-refractivity contribution is 6.05. The first kappa shape index (κ1) is 11.9. The number of nitrogens with zero attached hydrogens (tertiary/aromatic N) is 3. The van der Waals surface area contributed by atoms with E-state index in [1.807, 2.05) is 24.3 Å². The van der Waals surface area contributed by atoms with E-state index in [-0.39, 0.29) is 11.6 Å². The summed E-state index contributed by atoms with van der Waals surface area (Å²) in [5, 5.41) is 20.0. The predicted molar refractivity (Wildman–Crippen MR) is 68.7 cm³/mol. The molecular formula is C13H14N4O2. The second-order valence-corrected chi connectivity index (χ2v) is 4.53. The van der Waals surface area contributed by atoms with Gasteiger partial charge in [-0.3, -0.25) is 4.79 Å². The average Bonchev–Trinajstić information content (AvgIpc) is 2.91. The molecule has 6 heteroatoms. The number of hydrogen-bond acceptors (Lipinski definition) is 4. The fourth-order valence-corrected chi connectivity index (χ4v) is 2.39. The molecule has 1 aliphatic heterocycles. The van der Waals surface area contributed by atoms with Gasteiger partial charge in [0.25, 0.3) is 5.91 Å². The van der Waals surface area contributed by atoms with Crippen molar-refractivity contribution in [3.63, 3.8) is 0 Å². The normalized spacial score (nSPS) is 18.8. The van der Waals surface area contributed by atoms with E-state index in [0.717, 1.165) is 17.7 Å². The lowest BCUT2D eigenvalue weighted by Crippen LogP contribution is -2.32. The third-order valence-corrected chi connectivity index (χ3v) is 3.33. The van der Waals surface area contributed by atoms with Crippen molar-refractivity contribution in [3.8, 4) is 0 Å². The molecule has 2 aromatic rings. The zero-order chi connectivity index (χ0) is 13.2. The molecule has 2 heterocycles. The molecule has 1 aliphatic rings. The van der Waals surface area contributed by atoms with Gasteiger partial charge in [-0.25, -0.2) is 0 Å². The number of aromatic amines is 1. The Morgan fingerprint density at radius 3 is 3.05 bits per heavy atom. The van der Waals surface area contributed by atoms with Crippen molar-refractivity contribution in [2.24, 2.45) is 0 Å². The molecule has 19 heavy (non-hydrogen) atoms. The molecule has 6 nitrogen and oxygen atoms in total. The van der Waals surface area contributed by atoms with Gasteiger partial charge in [0.1, 0.15) is 0 Å². The van der Waals surface area contributed by atoms with E-state index in [1.54, 1.807) is 4.90 Å². The van der Waals surface area contributed by atoms with Gasteiger partial charge in [0.15, 0.2) is 5.69 Å². The predicted octanol–water partition coefficient (Wildman–Crippen LogP) is 1.28. The summed E-state index contributed by atoms with van der Waals surface area (Å²) in [6, 6.07) is 7.43. The van der Waals surface area contributed by atoms with Crippen molar-refractivity contribution >= 4 is 11.6 Å². The van der Waals surface area contributed by atoms with Crippen LogP contribution in [0.1, 0.15) is 35.0 Å². The number of amides is 1. The molecule has 1 aromatic heterocycles. The van der Waals surface area contributed by atoms with Gasteiger partial charge in [-0.1, -0.05) is 18.2 Å². The molecular weight excluding hydrogens is 244 g/mol. The lowest BCUT2D eigenvalue weighted by atomic mass is 10.0. The van der Waals surface area contributed by atoms with Gasteiger partial charge >= 0.3 is 0 Å². The van der Waals surface area contributed by atoms with Crippen LogP contribution in [0.5, 0.6) is 0 Å². The highest BCUT2D eigenvalue weighted by Gasteiger charge is 2.26. The number of aliphatic hydroxyl groups excluding tert-OH is 1. The number of carbonyl (C=O) groups is 1. The number of aromatic nitrogens is 3. The molecule has 0 bridgehead atoms. The van der Waals surface area contributed by atoms with Crippen molar-refractivity contribution in [2.75, 3.05) is 11.4 Å². The quantitative estimate of drug-likeness (QED) is 0.807. The summed E-state index contributed by atoms with van der Waals surface area (Å²) in [5.74, 6) is -0.199. The van der Waals surface area contributed by atoms with E-state index < -0.39 is 6.10 Å². The number of anilines is 1. The number of nitrogens with one attached hydrogen (secondary N) is 1. The van der Waals surface area contributed by atoms with Crippen LogP contribution in [0.15, 0.2) is 30.5 Å². The second-order valence-electron chi connectivity index (χ2n) is 4.53. The summed E-state index contributed by atoms with van der Waals surface area (Å²) in [4.78, 5) is 14.1. The third-order valence-electron chi connectivity index (χ3n) is 3.33. The van der Waals surface area contributed by atoms with Crippen LogP contribution in [-0.4, -0.2) is 33.0 Å². The highest BCUT2D eigenvalue weighted by atomic mass is 16.3. The molecule has 98 valence electrons. The van der Waals surface area contributed by atoms with Crippen molar-refractivity contribution in [2.45, 2.75) is 18.9 Å². The summed E-state index contributed by atoms with van der Waals surface area (Å²) in [7, 11) is 0. The van der Waals surface area contributed by atoms with E-state index in [1.165, 1.54) is 6.20 Å². The Kier molecular flexibility index (Phi) is 3.00. The van der Waals surface area contributed by atoms with Crippen molar-refractivity contribution in [1.29, 1.82) is 0 Å². The van der Waals surface area contributed by atoms with Crippen LogP contribution in [0.2, 0.25) is 0 Å². The first-order valence-electron chi connectivity index (χ1n) is 6.22. The molecule has 3 rings (SSSR count). The number of aliphatic hydroxyl groups is 1. The molecule has 1 amide bonds. The highest BCUT2D eigenvalue weighted by Crippen LogP contribution is 2.33. The molecule has 0 aliphatic carbocycles. The minimum absolute atomic E-state index is 0.199. The van der Waals surface area contributed by atoms with Crippen LogP contribution in [0.25, 0.3) is 0 Å². The Labute approximate surface area is 110 Å². The molecule has 0 fully saturated rings. The van der Waals surface area contributed by atoms with Gasteiger partial charge in [-0.15, -0.1) is 0 Å². The number of benzene rings is 1. The zero-order valence-electron chi connectivity index (χ0n) is 10.3. The van der Waals surface area contributed by atoms with Gasteiger partial charge in [0.2, 0.25) is 0 Å². The second kappa shape index (κ2) is 4.81. The maximum atomic E-state index is 12.4. The maximum absolute atomic E-state index is 12.4. The van der Waals surface area contributed by atoms with E-state index >= 15 is 0 Å². The number of hydrogen-bond donors (Lipinski definition) is 2. The topological polar surface area (TPSA) is 82.1 Å². The average molecular weight is 258 g/mol. The molecule has 1 aromatic carbocycles. The largest absolute Gasteiger partial charge is 0.388 e. The van der Waals surface area contributed by atoms with Gasteiger partial charge in [0.05, 0.1) is 12.3 Å². The monoisotopic (exact) mass is 258 g/mol. The van der Waals surface area contributed by atoms with Gasteiger partial charge in [0, 0.05) is 17.8 Å². The van der Waals surface area contributed by atoms with Crippen molar-refractivity contribution < 1.29 is 9.90 Å². The number of H-pyrrole nitrogens is 1. The lowest BCUT2D eigenvalue weighted by molar-refractivity contribution is 0.0982. The Hall–Kier alpha value is -2.21. The van der Waals surface area contributed by atoms with E-state index in [4.69, 9.17) is 0 Å². The third kappa shape index (κ3) is 2.10. The molecule has 1 atom stereocenters. The summed E-state index contributed by atoms with van der Waals surface area (Å²) < 4.78 is 0. The molecule has 0 saturated heterocycles. The SMILES string of the molecule is O=C(c1cn[nH]n1)N1CCCC(O)c2ccccc21. The summed E-state index contributed by atoms with van der Waals surface area (Å²) in [5.41, 5.74) is 1.82. The molecule has 0 saturated carbocycles. The molecule has 2 N–H and O–H groups in total. The standard InChI is InChI=1S/C13H14N4O2/c18-12-6-3-7-17(11-5-2-1-4-9(11)12)13(19)10-8-14-16-15-10/h1-2,4-5,8,12,18H,3,6-7H2,(H,14,15,16). The summed E-state index contributed by atoms with van der Waals surface area (Å²) in [6.07, 6.45) is 2.29. The van der Waals surface area contributed by atoms with Crippen LogP contribution in [-0.2, 0) is 0 Å². The minimum Gasteiger partial charge on any atom is -0.388 e. The summed E-state index contributed by atoms with van der Waals surface area (Å²) >= 11 is 0. The number of fused-ring (bicyclic) bond motifs is 1. The van der Waals surface area contributed by atoms with Crippen molar-refractivity contribution in [3.05, 3.63) is 41.7 Å². The number of carbonyl (C=O) groups excluding carboxylic acids is 1. The Morgan fingerprint density at radius 2 is 2.26 bits per heavy atom. The van der Waals surface area contributed by atoms with Gasteiger partial charge in [-0.05, 0) is 18.9 Å². The van der Waals surface area contributed by atoms with Gasteiger partial charge < -0.3 is 10.0 Å². The smallest absolute Gasteiger partial charge is 0.280 e. The molecule has 0 radical (unpaired) electrons. The Bertz CT molecular complexity index is 582. The fourth-order valence-electron chi connectivity index (χ4n) is 2.39. The Balaban J connectivity index is 2.02. The summed E-state index contributed by atoms with van der Waals surface area (Å²) in [6.45, 7) is 0.569. The Morgan fingerprint density at radius 1 is 1.42 bits per heavy atom. The molecule has 0 spiro atoms. The zero-order valence-corrected chi connectivity index (χ0v) is 10.3. The van der Waals surface area contributed by atoms with Crippen molar-refractivity contribution in [1.82, 2.24) is 15.4 Å². The molecule has 1 unspecified atom stereocenters. The number of rotatable bonds is 1. The number of para-hydroxylation sites is 1. The van der Waals surface area contributed by atoms with Crippen LogP contribution in [0.3, 0.4) is 0 Å². The van der Waals surface area contributed by atoms with E-state index in [9.17, 15) is 9.90 Å². The van der Waals surface area contributed by atoms with Crippen LogP contribution < -0.4 is 4.90 Å². The minimum atomic E-state index is -0.522. The van der Waals surface area contributed by atoms with Crippen LogP contribution in [0, 0.1) is 0 Å². The van der Waals surface area contributed by atoms with Crippen LogP contribution >= 0.6 is 0 Å². The first-order valence-corrected chi connectivity index (χ1v) is 6.22. The first-order chi connectivity index (χ1) is 9.27. The van der Waals surface area contributed by atoms with E-state index in [0.29, 0.717) is 13.0 Å². The van der Waals surface area contributed by atoms with E-state index in [2.05, 4.69) is 15.4 Å². The fraction of sp³-hybridized carbons (Fsp3) is 0.308.